The number of rotatable bonds is 1. The lowest BCUT2D eigenvalue weighted by atomic mass is 10.2. The number of pyridine rings is 1. The van der Waals surface area contributed by atoms with Crippen LogP contribution in [-0.4, -0.2) is 11.5 Å². The Morgan fingerprint density at radius 3 is 3.08 bits per heavy atom. The molecule has 0 amide bonds. The zero-order valence-electron chi connectivity index (χ0n) is 6.62. The normalized spacial score (nSPS) is 15.2. The summed E-state index contributed by atoms with van der Waals surface area (Å²) in [6.07, 6.45) is 8.69. The summed E-state index contributed by atoms with van der Waals surface area (Å²) in [4.78, 5) is 4.22. The number of dihydropyridines is 1. The standard InChI is InChI=1S/C10H9N2/c1-3-7-11-9(5-1)10-6-2-4-8-12-10/h1,3-7,12H,8H2. The molecule has 1 aromatic rings. The number of hydrogen-bond donors (Lipinski definition) is 1. The van der Waals surface area contributed by atoms with Crippen LogP contribution in [0.2, 0.25) is 0 Å². The Bertz CT molecular complexity index is 312. The lowest BCUT2D eigenvalue weighted by Gasteiger charge is -2.09. The largest absolute Gasteiger partial charge is 0.380 e. The van der Waals surface area contributed by atoms with Gasteiger partial charge in [-0.1, -0.05) is 12.1 Å². The van der Waals surface area contributed by atoms with Gasteiger partial charge in [0.25, 0.3) is 0 Å². The second kappa shape index (κ2) is 3.22. The highest BCUT2D eigenvalue weighted by Crippen LogP contribution is 2.08. The van der Waals surface area contributed by atoms with Crippen molar-refractivity contribution in [3.05, 3.63) is 48.3 Å². The van der Waals surface area contributed by atoms with E-state index in [9.17, 15) is 0 Å². The summed E-state index contributed by atoms with van der Waals surface area (Å²) in [5, 5.41) is 3.22. The predicted octanol–water partition coefficient (Wildman–Crippen LogP) is 1.39. The van der Waals surface area contributed by atoms with Crippen LogP contribution in [0.25, 0.3) is 5.70 Å². The van der Waals surface area contributed by atoms with E-state index in [4.69, 9.17) is 0 Å². The first-order chi connectivity index (χ1) is 5.97. The third-order valence-electron chi connectivity index (χ3n) is 1.68. The van der Waals surface area contributed by atoms with E-state index in [-0.39, 0.29) is 0 Å². The topological polar surface area (TPSA) is 24.9 Å². The molecule has 1 aromatic heterocycles. The molecule has 2 heterocycles. The van der Waals surface area contributed by atoms with Crippen LogP contribution in [0.4, 0.5) is 0 Å². The molecule has 0 atom stereocenters. The SMILES string of the molecule is [C]1=CCNC(c2ccccn2)=C1. The molecule has 0 aliphatic carbocycles. The fourth-order valence-electron chi connectivity index (χ4n) is 1.10. The highest BCUT2D eigenvalue weighted by Gasteiger charge is 2.01. The third-order valence-corrected chi connectivity index (χ3v) is 1.68. The minimum Gasteiger partial charge on any atom is -0.380 e. The van der Waals surface area contributed by atoms with Crippen molar-refractivity contribution in [3.63, 3.8) is 0 Å². The lowest BCUT2D eigenvalue weighted by molar-refractivity contribution is 0.977. The van der Waals surface area contributed by atoms with Gasteiger partial charge in [0, 0.05) is 12.7 Å². The van der Waals surface area contributed by atoms with Gasteiger partial charge in [0.05, 0.1) is 11.4 Å². The molecule has 59 valence electrons. The number of allylic oxidation sites excluding steroid dienone is 2. The summed E-state index contributed by atoms with van der Waals surface area (Å²) >= 11 is 0. The van der Waals surface area contributed by atoms with E-state index in [1.54, 1.807) is 6.20 Å². The second-order valence-corrected chi connectivity index (χ2v) is 2.52. The van der Waals surface area contributed by atoms with Gasteiger partial charge in [0.2, 0.25) is 0 Å². The van der Waals surface area contributed by atoms with Gasteiger partial charge in [-0.2, -0.15) is 0 Å². The predicted molar refractivity (Wildman–Crippen MR) is 48.0 cm³/mol. The molecular formula is C10H9N2. The van der Waals surface area contributed by atoms with Gasteiger partial charge in [0.1, 0.15) is 0 Å². The Morgan fingerprint density at radius 2 is 2.42 bits per heavy atom. The van der Waals surface area contributed by atoms with Crippen molar-refractivity contribution in [2.24, 2.45) is 0 Å². The smallest absolute Gasteiger partial charge is 0.0861 e. The van der Waals surface area contributed by atoms with E-state index in [1.807, 2.05) is 30.4 Å². The first kappa shape index (κ1) is 7.10. The molecule has 1 N–H and O–H groups in total. The number of aromatic nitrogens is 1. The van der Waals surface area contributed by atoms with Crippen molar-refractivity contribution >= 4 is 5.70 Å². The quantitative estimate of drug-likeness (QED) is 0.666. The van der Waals surface area contributed by atoms with E-state index >= 15 is 0 Å². The monoisotopic (exact) mass is 157 g/mol. The molecule has 1 aliphatic rings. The second-order valence-electron chi connectivity index (χ2n) is 2.52. The molecule has 2 heteroatoms. The van der Waals surface area contributed by atoms with Crippen molar-refractivity contribution in [3.8, 4) is 0 Å². The van der Waals surface area contributed by atoms with Gasteiger partial charge in [-0.05, 0) is 24.3 Å². The van der Waals surface area contributed by atoms with Gasteiger partial charge < -0.3 is 5.32 Å². The Balaban J connectivity index is 2.31. The van der Waals surface area contributed by atoms with Gasteiger partial charge in [-0.15, -0.1) is 0 Å². The van der Waals surface area contributed by atoms with Crippen LogP contribution in [-0.2, 0) is 0 Å². The number of hydrogen-bond acceptors (Lipinski definition) is 2. The molecule has 12 heavy (non-hydrogen) atoms. The lowest BCUT2D eigenvalue weighted by Crippen LogP contribution is -2.15. The molecule has 1 aliphatic heterocycles. The zero-order chi connectivity index (χ0) is 8.23. The van der Waals surface area contributed by atoms with Crippen LogP contribution in [0, 0.1) is 6.08 Å². The minimum atomic E-state index is 0.836. The molecule has 0 fully saturated rings. The first-order valence-electron chi connectivity index (χ1n) is 3.90. The van der Waals surface area contributed by atoms with Gasteiger partial charge >= 0.3 is 0 Å². The minimum absolute atomic E-state index is 0.836. The Kier molecular flexibility index (Phi) is 1.90. The number of nitrogens with zero attached hydrogens (tertiary/aromatic N) is 1. The van der Waals surface area contributed by atoms with Crippen molar-refractivity contribution < 1.29 is 0 Å². The highest BCUT2D eigenvalue weighted by atomic mass is 14.9. The van der Waals surface area contributed by atoms with Gasteiger partial charge in [-0.3, -0.25) is 4.98 Å². The van der Waals surface area contributed by atoms with Gasteiger partial charge in [-0.25, -0.2) is 0 Å². The third kappa shape index (κ3) is 1.37. The fraction of sp³-hybridized carbons (Fsp3) is 0.100. The van der Waals surface area contributed by atoms with E-state index in [0.717, 1.165) is 17.9 Å². The first-order valence-corrected chi connectivity index (χ1v) is 3.90. The molecule has 0 unspecified atom stereocenters. The summed E-state index contributed by atoms with van der Waals surface area (Å²) in [6.45, 7) is 0.836. The van der Waals surface area contributed by atoms with Crippen molar-refractivity contribution in [2.75, 3.05) is 6.54 Å². The van der Waals surface area contributed by atoms with Crippen LogP contribution in [0.15, 0.2) is 36.5 Å². The van der Waals surface area contributed by atoms with E-state index in [1.165, 1.54) is 0 Å². The number of nitrogens with one attached hydrogen (secondary N) is 1. The highest BCUT2D eigenvalue weighted by molar-refractivity contribution is 5.62. The maximum Gasteiger partial charge on any atom is 0.0861 e. The molecular weight excluding hydrogens is 148 g/mol. The van der Waals surface area contributed by atoms with Crippen LogP contribution in [0.3, 0.4) is 0 Å². The average molecular weight is 157 g/mol. The van der Waals surface area contributed by atoms with Crippen molar-refractivity contribution in [2.45, 2.75) is 0 Å². The van der Waals surface area contributed by atoms with Crippen LogP contribution in [0.1, 0.15) is 5.69 Å². The van der Waals surface area contributed by atoms with Gasteiger partial charge in [0.15, 0.2) is 0 Å². The molecule has 0 saturated carbocycles. The Labute approximate surface area is 71.6 Å². The Hall–Kier alpha value is -1.57. The summed E-state index contributed by atoms with van der Waals surface area (Å²) in [5.41, 5.74) is 2.01. The fourth-order valence-corrected chi connectivity index (χ4v) is 1.10. The van der Waals surface area contributed by atoms with E-state index < -0.39 is 0 Å². The maximum absolute atomic E-state index is 4.22. The summed E-state index contributed by atoms with van der Waals surface area (Å²) in [6, 6.07) is 5.86. The Morgan fingerprint density at radius 1 is 1.42 bits per heavy atom. The maximum atomic E-state index is 4.22. The summed E-state index contributed by atoms with van der Waals surface area (Å²) in [5.74, 6) is 0. The molecule has 2 nitrogen and oxygen atoms in total. The van der Waals surface area contributed by atoms with Crippen LogP contribution in [0.5, 0.6) is 0 Å². The molecule has 0 spiro atoms. The van der Waals surface area contributed by atoms with Crippen LogP contribution >= 0.6 is 0 Å². The van der Waals surface area contributed by atoms with Crippen molar-refractivity contribution in [1.82, 2.24) is 10.3 Å². The molecule has 0 aromatic carbocycles. The van der Waals surface area contributed by atoms with E-state index in [0.29, 0.717) is 0 Å². The van der Waals surface area contributed by atoms with E-state index in [2.05, 4.69) is 16.4 Å². The molecule has 2 rings (SSSR count). The van der Waals surface area contributed by atoms with Crippen LogP contribution < -0.4 is 5.32 Å². The molecule has 0 saturated heterocycles. The summed E-state index contributed by atoms with van der Waals surface area (Å²) in [7, 11) is 0. The average Bonchev–Trinajstić information content (AvgIpc) is 2.21. The zero-order valence-corrected chi connectivity index (χ0v) is 6.62. The molecule has 0 bridgehead atoms. The summed E-state index contributed by atoms with van der Waals surface area (Å²) < 4.78 is 0. The van der Waals surface area contributed by atoms with Crippen molar-refractivity contribution in [1.29, 1.82) is 0 Å². The molecule has 1 radical (unpaired) electrons.